The minimum atomic E-state index is -0.103. The van der Waals surface area contributed by atoms with Crippen molar-refractivity contribution in [2.24, 2.45) is 0 Å². The average Bonchev–Trinajstić information content (AvgIpc) is 3.36. The van der Waals surface area contributed by atoms with E-state index in [2.05, 4.69) is 21.2 Å². The number of anilines is 2. The van der Waals surface area contributed by atoms with Gasteiger partial charge in [-0.2, -0.15) is 0 Å². The second-order valence-electron chi connectivity index (χ2n) is 5.95. The third kappa shape index (κ3) is 3.85. The monoisotopic (exact) mass is 386 g/mol. The molecular weight excluding hydrogens is 368 g/mol. The topological polar surface area (TPSA) is 49.4 Å². The quantitative estimate of drug-likeness (QED) is 0.838. The van der Waals surface area contributed by atoms with Gasteiger partial charge >= 0.3 is 0 Å². The van der Waals surface area contributed by atoms with Gasteiger partial charge in [-0.3, -0.25) is 9.59 Å². The predicted molar refractivity (Wildman–Crippen MR) is 99.1 cm³/mol. The Labute approximate surface area is 150 Å². The van der Waals surface area contributed by atoms with E-state index in [9.17, 15) is 9.59 Å². The fourth-order valence-electron chi connectivity index (χ4n) is 2.75. The highest BCUT2D eigenvalue weighted by molar-refractivity contribution is 9.10. The summed E-state index contributed by atoms with van der Waals surface area (Å²) < 4.78 is 0.914. The Morgan fingerprint density at radius 1 is 1.12 bits per heavy atom. The smallest absolute Gasteiger partial charge is 0.228 e. The van der Waals surface area contributed by atoms with E-state index in [4.69, 9.17) is 0 Å². The van der Waals surface area contributed by atoms with Gasteiger partial charge in [-0.1, -0.05) is 46.3 Å². The fourth-order valence-corrected chi connectivity index (χ4v) is 3.18. The molecule has 0 atom stereocenters. The minimum Gasteiger partial charge on any atom is -0.324 e. The van der Waals surface area contributed by atoms with Crippen molar-refractivity contribution < 1.29 is 9.59 Å². The Morgan fingerprint density at radius 3 is 2.46 bits per heavy atom. The third-order valence-corrected chi connectivity index (χ3v) is 4.77. The molecule has 5 heteroatoms. The van der Waals surface area contributed by atoms with E-state index in [1.807, 2.05) is 48.5 Å². The number of para-hydroxylation sites is 2. The van der Waals surface area contributed by atoms with Gasteiger partial charge in [0.05, 0.1) is 17.8 Å². The molecule has 1 N–H and O–H groups in total. The molecule has 0 unspecified atom stereocenters. The molecule has 0 heterocycles. The highest BCUT2D eigenvalue weighted by Crippen LogP contribution is 2.36. The summed E-state index contributed by atoms with van der Waals surface area (Å²) in [5.74, 6) is -0.0985. The van der Waals surface area contributed by atoms with Crippen LogP contribution in [0.15, 0.2) is 53.0 Å². The number of carbonyl (C=O) groups is 2. The molecule has 3 rings (SSSR count). The molecule has 0 aliphatic heterocycles. The van der Waals surface area contributed by atoms with E-state index < -0.39 is 0 Å². The van der Waals surface area contributed by atoms with Crippen molar-refractivity contribution in [3.8, 4) is 0 Å². The molecule has 24 heavy (non-hydrogen) atoms. The Hall–Kier alpha value is -2.14. The van der Waals surface area contributed by atoms with Gasteiger partial charge in [-0.25, -0.2) is 0 Å². The Morgan fingerprint density at radius 2 is 1.79 bits per heavy atom. The van der Waals surface area contributed by atoms with Crippen molar-refractivity contribution in [3.63, 3.8) is 0 Å². The van der Waals surface area contributed by atoms with Crippen LogP contribution in [0.1, 0.15) is 25.3 Å². The first-order valence-corrected chi connectivity index (χ1v) is 8.77. The van der Waals surface area contributed by atoms with Gasteiger partial charge in [0.15, 0.2) is 0 Å². The molecule has 1 saturated carbocycles. The number of rotatable bonds is 5. The first-order valence-electron chi connectivity index (χ1n) is 7.98. The molecule has 2 aromatic carbocycles. The number of halogens is 1. The Balaban J connectivity index is 1.79. The average molecular weight is 387 g/mol. The molecule has 0 saturated heterocycles. The molecule has 2 aromatic rings. The van der Waals surface area contributed by atoms with Crippen molar-refractivity contribution in [1.82, 2.24) is 0 Å². The second-order valence-corrected chi connectivity index (χ2v) is 6.81. The highest BCUT2D eigenvalue weighted by atomic mass is 79.9. The summed E-state index contributed by atoms with van der Waals surface area (Å²) in [6, 6.07) is 15.4. The summed E-state index contributed by atoms with van der Waals surface area (Å²) in [7, 11) is 0. The number of benzene rings is 2. The van der Waals surface area contributed by atoms with Crippen LogP contribution in [0.5, 0.6) is 0 Å². The minimum absolute atomic E-state index is 0.00463. The zero-order valence-corrected chi connectivity index (χ0v) is 15.0. The van der Waals surface area contributed by atoms with Crippen LogP contribution in [0, 0.1) is 0 Å². The van der Waals surface area contributed by atoms with Gasteiger partial charge in [-0.05, 0) is 36.6 Å². The zero-order valence-electron chi connectivity index (χ0n) is 13.5. The van der Waals surface area contributed by atoms with Crippen molar-refractivity contribution in [1.29, 1.82) is 0 Å². The van der Waals surface area contributed by atoms with Crippen molar-refractivity contribution >= 4 is 39.1 Å². The maximum Gasteiger partial charge on any atom is 0.228 e. The van der Waals surface area contributed by atoms with E-state index >= 15 is 0 Å². The number of hydrogen-bond acceptors (Lipinski definition) is 2. The summed E-state index contributed by atoms with van der Waals surface area (Å²) in [5, 5.41) is 2.95. The summed E-state index contributed by atoms with van der Waals surface area (Å²) in [4.78, 5) is 26.2. The summed E-state index contributed by atoms with van der Waals surface area (Å²) >= 11 is 3.46. The normalized spacial score (nSPS) is 13.4. The number of amides is 2. The molecule has 0 aromatic heterocycles. The molecule has 0 radical (unpaired) electrons. The van der Waals surface area contributed by atoms with Crippen molar-refractivity contribution in [2.75, 3.05) is 10.2 Å². The molecule has 0 bridgehead atoms. The van der Waals surface area contributed by atoms with Crippen LogP contribution in [0.2, 0.25) is 0 Å². The van der Waals surface area contributed by atoms with Crippen LogP contribution >= 0.6 is 15.9 Å². The Bertz CT molecular complexity index is 771. The van der Waals surface area contributed by atoms with E-state index in [0.717, 1.165) is 28.6 Å². The van der Waals surface area contributed by atoms with E-state index in [1.165, 1.54) is 0 Å². The molecule has 4 nitrogen and oxygen atoms in total. The molecule has 1 fully saturated rings. The lowest BCUT2D eigenvalue weighted by molar-refractivity contribution is -0.117. The van der Waals surface area contributed by atoms with Gasteiger partial charge in [-0.15, -0.1) is 0 Å². The molecule has 1 aliphatic carbocycles. The van der Waals surface area contributed by atoms with Crippen LogP contribution < -0.4 is 10.2 Å². The summed E-state index contributed by atoms with van der Waals surface area (Å²) in [6.07, 6.45) is 2.30. The number of nitrogens with one attached hydrogen (secondary N) is 1. The van der Waals surface area contributed by atoms with Crippen LogP contribution in [0.3, 0.4) is 0 Å². The summed E-state index contributed by atoms with van der Waals surface area (Å²) in [5.41, 5.74) is 2.38. The number of carbonyl (C=O) groups excluding carboxylic acids is 2. The first kappa shape index (κ1) is 16.7. The predicted octanol–water partition coefficient (Wildman–Crippen LogP) is 4.15. The number of nitrogens with zero attached hydrogens (tertiary/aromatic N) is 1. The van der Waals surface area contributed by atoms with Crippen molar-refractivity contribution in [3.05, 3.63) is 58.6 Å². The summed E-state index contributed by atoms with van der Waals surface area (Å²) in [6.45, 7) is 1.57. The second kappa shape index (κ2) is 7.18. The standard InChI is InChI=1S/C19H19BrN2O2/c1-13(23)22(15-10-11-15)18-9-5-4-8-17(18)21-19(24)12-14-6-2-3-7-16(14)20/h2-9,15H,10-12H2,1H3,(H,21,24). The maximum atomic E-state index is 12.4. The lowest BCUT2D eigenvalue weighted by atomic mass is 10.1. The van der Waals surface area contributed by atoms with Gasteiger partial charge in [0.2, 0.25) is 11.8 Å². The van der Waals surface area contributed by atoms with Crippen LogP contribution in [0.4, 0.5) is 11.4 Å². The molecule has 0 spiro atoms. The third-order valence-electron chi connectivity index (χ3n) is 4.00. The van der Waals surface area contributed by atoms with Gasteiger partial charge in [0.1, 0.15) is 0 Å². The van der Waals surface area contributed by atoms with Crippen molar-refractivity contribution in [2.45, 2.75) is 32.2 Å². The highest BCUT2D eigenvalue weighted by Gasteiger charge is 2.33. The van der Waals surface area contributed by atoms with Gasteiger partial charge in [0, 0.05) is 17.4 Å². The first-order chi connectivity index (χ1) is 11.6. The SMILES string of the molecule is CC(=O)N(c1ccccc1NC(=O)Cc1ccccc1Br)C1CC1. The largest absolute Gasteiger partial charge is 0.324 e. The maximum absolute atomic E-state index is 12.4. The van der Waals surface area contributed by atoms with Crippen LogP contribution in [-0.4, -0.2) is 17.9 Å². The van der Waals surface area contributed by atoms with E-state index in [-0.39, 0.29) is 24.3 Å². The Kier molecular flexibility index (Phi) is 5.00. The lowest BCUT2D eigenvalue weighted by Crippen LogP contribution is -2.31. The molecular formula is C19H19BrN2O2. The lowest BCUT2D eigenvalue weighted by Gasteiger charge is -2.24. The zero-order chi connectivity index (χ0) is 17.1. The van der Waals surface area contributed by atoms with Crippen LogP contribution in [-0.2, 0) is 16.0 Å². The molecule has 124 valence electrons. The molecule has 2 amide bonds. The fraction of sp³-hybridized carbons (Fsp3) is 0.263. The van der Waals surface area contributed by atoms with Gasteiger partial charge in [0.25, 0.3) is 0 Å². The van der Waals surface area contributed by atoms with Crippen LogP contribution in [0.25, 0.3) is 0 Å². The van der Waals surface area contributed by atoms with E-state index in [1.54, 1.807) is 11.8 Å². The number of hydrogen-bond donors (Lipinski definition) is 1. The van der Waals surface area contributed by atoms with E-state index in [0.29, 0.717) is 5.69 Å². The molecule has 1 aliphatic rings. The van der Waals surface area contributed by atoms with Gasteiger partial charge < -0.3 is 10.2 Å².